The highest BCUT2D eigenvalue weighted by Gasteiger charge is 2.28. The summed E-state index contributed by atoms with van der Waals surface area (Å²) in [7, 11) is 0. The zero-order valence-electron chi connectivity index (χ0n) is 92.9. The molecule has 3 N–H and O–H groups in total. The van der Waals surface area contributed by atoms with E-state index in [1.807, 2.05) is 232 Å². The number of aliphatic hydroxyl groups is 2. The summed E-state index contributed by atoms with van der Waals surface area (Å²) in [6.07, 6.45) is 14.7. The number of rotatable bonds is 59. The third kappa shape index (κ3) is 78.9. The average molecular weight is 1930 g/mol. The van der Waals surface area contributed by atoms with Crippen LogP contribution in [0, 0.1) is 11.3 Å². The first-order valence-electron chi connectivity index (χ1n) is 50.6. The van der Waals surface area contributed by atoms with Crippen LogP contribution in [0.3, 0.4) is 0 Å². The van der Waals surface area contributed by atoms with Crippen molar-refractivity contribution in [2.75, 3.05) is 139 Å². The van der Waals surface area contributed by atoms with Crippen molar-refractivity contribution in [2.45, 2.75) is 419 Å². The fourth-order valence-electron chi connectivity index (χ4n) is 13.0. The molecule has 23 nitrogen and oxygen atoms in total. The van der Waals surface area contributed by atoms with Gasteiger partial charge in [0.15, 0.2) is 0 Å². The standard InChI is InChI=1S/C28H42O6.C27H40O4.C24H47NO6.C20H42O2.C14H30O4/c1-20(2)31-16-23(29)17-32-25-12-8-21(9-13-25)28(6,7)22-10-14-26(15-11-22)33-18-24(30)19-34-27(3,4)5;1-25(2,3)30-19-17-28-23-13-9-21(10-14-23)27(7,8)22-11-15-24(16-12-22)29-18-20-31-26(4,5)6;1-19(11-13-25-21(27)29-15-17-31-23(5,6)7)18-24(8,9)12-10-20(26)28-14-16-30-22(2,3)4;1-19(2,3)21-17-15-13-11-9-7-8-10-12-14-16-18-22-20(4,5)6;1-13(2,3)17-11-9-15-7-8-16-10-12-18-14(4,5)6/h8-15,20,23-24,29-30H,16-19H2,1-7H3;9-16H,17-20H2,1-8H3;19H,10-18H2,1-9H3,(H,25,27);7-18H2,1-6H3;7-12H2,1-6H3. The van der Waals surface area contributed by atoms with Gasteiger partial charge in [0.1, 0.15) is 74.8 Å². The number of carbonyl (C=O) groups excluding carboxylic acids is 2. The van der Waals surface area contributed by atoms with E-state index in [0.717, 1.165) is 55.1 Å². The summed E-state index contributed by atoms with van der Waals surface area (Å²) in [6.45, 7) is 84.5. The number of amides is 1. The predicted octanol–water partition coefficient (Wildman–Crippen LogP) is 25.4. The topological polar surface area (TPSA) is 253 Å². The van der Waals surface area contributed by atoms with Crippen molar-refractivity contribution in [3.63, 3.8) is 0 Å². The molecule has 0 fully saturated rings. The Balaban J connectivity index is 0.00000170. The van der Waals surface area contributed by atoms with Crippen molar-refractivity contribution in [2.24, 2.45) is 11.3 Å². The molecule has 0 aliphatic rings. The molecule has 0 aliphatic carbocycles. The molecule has 0 bridgehead atoms. The third-order valence-electron chi connectivity index (χ3n) is 20.3. The molecule has 0 saturated carbocycles. The highest BCUT2D eigenvalue weighted by molar-refractivity contribution is 5.69. The molecular weight excluding hydrogens is 1720 g/mol. The summed E-state index contributed by atoms with van der Waals surface area (Å²) in [6, 6.07) is 32.5. The molecule has 1 amide bonds. The van der Waals surface area contributed by atoms with Gasteiger partial charge in [0, 0.05) is 37.0 Å². The molecule has 3 atom stereocenters. The van der Waals surface area contributed by atoms with Crippen molar-refractivity contribution >= 4 is 12.1 Å². The van der Waals surface area contributed by atoms with Crippen LogP contribution in [0.1, 0.15) is 361 Å². The number of ether oxygens (including phenoxy) is 18. The number of aliphatic hydroxyl groups excluding tert-OH is 2. The van der Waals surface area contributed by atoms with E-state index in [-0.39, 0.29) is 118 Å². The van der Waals surface area contributed by atoms with E-state index >= 15 is 0 Å². The van der Waals surface area contributed by atoms with Gasteiger partial charge in [0.05, 0.1) is 136 Å². The minimum absolute atomic E-state index is 0.0190. The van der Waals surface area contributed by atoms with Crippen LogP contribution < -0.4 is 24.3 Å². The first-order valence-corrected chi connectivity index (χ1v) is 50.6. The predicted molar refractivity (Wildman–Crippen MR) is 556 cm³/mol. The fourth-order valence-corrected chi connectivity index (χ4v) is 13.0. The maximum absolute atomic E-state index is 12.0. The number of unbranched alkanes of at least 4 members (excludes halogenated alkanes) is 9. The zero-order chi connectivity index (χ0) is 104. The van der Waals surface area contributed by atoms with Gasteiger partial charge in [0.25, 0.3) is 0 Å². The van der Waals surface area contributed by atoms with Crippen LogP contribution in [0.25, 0.3) is 0 Å². The third-order valence-corrected chi connectivity index (χ3v) is 20.3. The summed E-state index contributed by atoms with van der Waals surface area (Å²) >= 11 is 0. The normalized spacial score (nSPS) is 13.3. The van der Waals surface area contributed by atoms with Gasteiger partial charge >= 0.3 is 12.1 Å². The summed E-state index contributed by atoms with van der Waals surface area (Å²) in [5.74, 6) is 3.37. The summed E-state index contributed by atoms with van der Waals surface area (Å²) in [4.78, 5) is 23.7. The van der Waals surface area contributed by atoms with E-state index in [1.165, 1.54) is 75.3 Å². The van der Waals surface area contributed by atoms with Gasteiger partial charge < -0.3 is 101 Å². The van der Waals surface area contributed by atoms with Crippen molar-refractivity contribution in [3.05, 3.63) is 119 Å². The van der Waals surface area contributed by atoms with Crippen LogP contribution in [-0.4, -0.2) is 230 Å². The molecule has 0 aliphatic heterocycles. The maximum atomic E-state index is 12.0. The van der Waals surface area contributed by atoms with E-state index in [0.29, 0.717) is 110 Å². The molecule has 4 rings (SSSR count). The number of hydrogen-bond acceptors (Lipinski definition) is 22. The van der Waals surface area contributed by atoms with Gasteiger partial charge in [-0.1, -0.05) is 148 Å². The summed E-state index contributed by atoms with van der Waals surface area (Å²) < 4.78 is 100. The molecule has 4 aromatic rings. The minimum atomic E-state index is -0.681. The Morgan fingerprint density at radius 1 is 0.294 bits per heavy atom. The van der Waals surface area contributed by atoms with E-state index in [2.05, 4.69) is 120 Å². The summed E-state index contributed by atoms with van der Waals surface area (Å²) in [5, 5.41) is 22.8. The van der Waals surface area contributed by atoms with Crippen LogP contribution in [0.15, 0.2) is 97.1 Å². The van der Waals surface area contributed by atoms with Crippen molar-refractivity contribution in [1.82, 2.24) is 5.32 Å². The lowest BCUT2D eigenvalue weighted by atomic mass is 9.78. The Kier molecular flexibility index (Phi) is 64.1. The molecule has 136 heavy (non-hydrogen) atoms. The Hall–Kier alpha value is -5.74. The van der Waals surface area contributed by atoms with Crippen LogP contribution in [-0.2, 0) is 81.9 Å². The molecule has 3 unspecified atom stereocenters. The van der Waals surface area contributed by atoms with Gasteiger partial charge in [-0.2, -0.15) is 0 Å². The lowest BCUT2D eigenvalue weighted by Gasteiger charge is -2.28. The first-order chi connectivity index (χ1) is 62.7. The largest absolute Gasteiger partial charge is 0.491 e. The molecule has 0 spiro atoms. The molecular formula is C113H201NO22. The van der Waals surface area contributed by atoms with E-state index < -0.39 is 18.3 Å². The average Bonchev–Trinajstić information content (AvgIpc) is 0.805. The first kappa shape index (κ1) is 130. The zero-order valence-corrected chi connectivity index (χ0v) is 92.9. The molecule has 0 saturated heterocycles. The van der Waals surface area contributed by atoms with Crippen LogP contribution in [0.5, 0.6) is 23.0 Å². The number of nitrogens with one attached hydrogen (secondary N) is 1. The number of hydrogen-bond donors (Lipinski definition) is 3. The molecule has 0 radical (unpaired) electrons. The van der Waals surface area contributed by atoms with Crippen LogP contribution >= 0.6 is 0 Å². The molecule has 0 heterocycles. The number of esters is 1. The minimum Gasteiger partial charge on any atom is -0.491 e. The molecule has 4 aromatic carbocycles. The monoisotopic (exact) mass is 1920 g/mol. The maximum Gasteiger partial charge on any atom is 0.407 e. The number of alkyl carbamates (subject to hydrolysis) is 1. The number of benzene rings is 4. The molecule has 0 aromatic heterocycles. The van der Waals surface area contributed by atoms with Crippen LogP contribution in [0.4, 0.5) is 4.79 Å². The van der Waals surface area contributed by atoms with Crippen molar-refractivity contribution in [3.8, 4) is 23.0 Å². The van der Waals surface area contributed by atoms with Gasteiger partial charge in [-0.05, 0) is 315 Å². The summed E-state index contributed by atoms with van der Waals surface area (Å²) in [5.41, 5.74) is 3.27. The van der Waals surface area contributed by atoms with E-state index in [1.54, 1.807) is 0 Å². The van der Waals surface area contributed by atoms with E-state index in [4.69, 9.17) is 85.3 Å². The quantitative estimate of drug-likeness (QED) is 0.0274. The second kappa shape index (κ2) is 66.9. The highest BCUT2D eigenvalue weighted by Crippen LogP contribution is 2.37. The molecule has 23 heteroatoms. The lowest BCUT2D eigenvalue weighted by molar-refractivity contribution is -0.147. The second-order valence-electron chi connectivity index (χ2n) is 46.3. The van der Waals surface area contributed by atoms with Gasteiger partial charge in [-0.15, -0.1) is 0 Å². The van der Waals surface area contributed by atoms with E-state index in [9.17, 15) is 19.8 Å². The van der Waals surface area contributed by atoms with Gasteiger partial charge in [0.2, 0.25) is 0 Å². The smallest absolute Gasteiger partial charge is 0.407 e. The van der Waals surface area contributed by atoms with Crippen molar-refractivity contribution in [1.29, 1.82) is 0 Å². The Morgan fingerprint density at radius 3 is 0.868 bits per heavy atom. The van der Waals surface area contributed by atoms with Gasteiger partial charge in [-0.3, -0.25) is 4.79 Å². The van der Waals surface area contributed by atoms with Crippen LogP contribution in [0.2, 0.25) is 0 Å². The fraction of sp³-hybridized carbons (Fsp3) is 0.770. The number of carbonyl (C=O) groups is 2. The Labute approximate surface area is 829 Å². The Bertz CT molecular complexity index is 3480. The Morgan fingerprint density at radius 2 is 0.559 bits per heavy atom. The van der Waals surface area contributed by atoms with Crippen molar-refractivity contribution < 1.29 is 105 Å². The highest BCUT2D eigenvalue weighted by atomic mass is 16.6. The second-order valence-corrected chi connectivity index (χ2v) is 46.3. The SMILES string of the molecule is CC(C)(C)OCCCCCCCCCCCCOC(C)(C)C.CC(C)(C)OCCOCCOCCOC(C)(C)C.CC(C)(C)OCCOc1ccc(C(C)(C)c2ccc(OCCOC(C)(C)C)cc2)cc1.CC(C)OCC(O)COc1ccc(C(C)(C)c2ccc(OCC(O)COC(C)(C)C)cc2)cc1.CC(CCNC(=O)OCCOC(C)(C)C)CC(C)(C)CCC(=O)OCCOC(C)(C)C. The lowest BCUT2D eigenvalue weighted by Crippen LogP contribution is -2.29. The van der Waals surface area contributed by atoms with Gasteiger partial charge in [-0.25, -0.2) is 4.79 Å². The molecule has 790 valence electrons.